The van der Waals surface area contributed by atoms with Crippen molar-refractivity contribution in [2.45, 2.75) is 39.0 Å². The third-order valence-corrected chi connectivity index (χ3v) is 4.63. The summed E-state index contributed by atoms with van der Waals surface area (Å²) in [5, 5.41) is 6.42. The molecule has 1 aliphatic heterocycles. The number of nitrogens with zero attached hydrogens (tertiary/aromatic N) is 1. The van der Waals surface area contributed by atoms with Crippen LogP contribution in [0.4, 0.5) is 0 Å². The highest BCUT2D eigenvalue weighted by Crippen LogP contribution is 2.19. The highest BCUT2D eigenvalue weighted by atomic mass is 35.5. The summed E-state index contributed by atoms with van der Waals surface area (Å²) in [6.45, 7) is 10.6. The molecule has 2 N–H and O–H groups in total. The fourth-order valence-corrected chi connectivity index (χ4v) is 3.02. The van der Waals surface area contributed by atoms with Crippen molar-refractivity contribution in [3.05, 3.63) is 35.4 Å². The first-order valence-electron chi connectivity index (χ1n) is 8.97. The average Bonchev–Trinajstić information content (AvgIpc) is 2.59. The van der Waals surface area contributed by atoms with Crippen LogP contribution in [0.5, 0.6) is 0 Å². The highest BCUT2D eigenvalue weighted by molar-refractivity contribution is 5.85. The first kappa shape index (κ1) is 20.9. The summed E-state index contributed by atoms with van der Waals surface area (Å²) < 4.78 is 0. The molecule has 1 aromatic rings. The van der Waals surface area contributed by atoms with Crippen molar-refractivity contribution in [2.24, 2.45) is 0 Å². The Balaban J connectivity index is 0.00000288. The molecule has 1 aromatic carbocycles. The number of nitrogens with one attached hydrogen (secondary N) is 2. The molecule has 5 heteroatoms. The lowest BCUT2D eigenvalue weighted by Gasteiger charge is -2.27. The summed E-state index contributed by atoms with van der Waals surface area (Å²) in [5.41, 5.74) is 2.59. The predicted molar refractivity (Wildman–Crippen MR) is 103 cm³/mol. The smallest absolute Gasteiger partial charge is 0.220 e. The number of aryl methyl sites for hydroxylation is 1. The molecule has 2 rings (SSSR count). The van der Waals surface area contributed by atoms with E-state index < -0.39 is 0 Å². The zero-order valence-electron chi connectivity index (χ0n) is 15.0. The normalized spacial score (nSPS) is 16.2. The van der Waals surface area contributed by atoms with Crippen LogP contribution >= 0.6 is 12.4 Å². The van der Waals surface area contributed by atoms with Gasteiger partial charge in [-0.15, -0.1) is 12.4 Å². The number of amides is 1. The second-order valence-corrected chi connectivity index (χ2v) is 6.50. The fraction of sp³-hybridized carbons (Fsp3) is 0.632. The molecule has 1 unspecified atom stereocenters. The second kappa shape index (κ2) is 11.5. The van der Waals surface area contributed by atoms with Gasteiger partial charge in [-0.05, 0) is 36.4 Å². The summed E-state index contributed by atoms with van der Waals surface area (Å²) in [6.07, 6.45) is 2.66. The zero-order chi connectivity index (χ0) is 16.5. The van der Waals surface area contributed by atoms with Gasteiger partial charge in [-0.25, -0.2) is 0 Å². The van der Waals surface area contributed by atoms with Crippen LogP contribution in [0.1, 0.15) is 43.7 Å². The monoisotopic (exact) mass is 353 g/mol. The number of carbonyl (C=O) groups is 1. The first-order valence-corrected chi connectivity index (χ1v) is 8.97. The molecule has 0 aromatic heterocycles. The molecule has 1 saturated heterocycles. The van der Waals surface area contributed by atoms with E-state index >= 15 is 0 Å². The molecule has 0 saturated carbocycles. The second-order valence-electron chi connectivity index (χ2n) is 6.50. The molecule has 0 spiro atoms. The van der Waals surface area contributed by atoms with E-state index in [2.05, 4.69) is 53.6 Å². The Bertz CT molecular complexity index is 472. The minimum atomic E-state index is 0. The molecule has 0 radical (unpaired) electrons. The number of piperazine rings is 1. The molecule has 136 valence electrons. The molecule has 4 nitrogen and oxygen atoms in total. The number of benzene rings is 1. The number of hydrogen-bond acceptors (Lipinski definition) is 3. The van der Waals surface area contributed by atoms with E-state index in [9.17, 15) is 4.79 Å². The van der Waals surface area contributed by atoms with Crippen molar-refractivity contribution in [3.8, 4) is 0 Å². The van der Waals surface area contributed by atoms with Crippen molar-refractivity contribution in [1.82, 2.24) is 15.5 Å². The quantitative estimate of drug-likeness (QED) is 0.706. The lowest BCUT2D eigenvalue weighted by molar-refractivity contribution is -0.121. The minimum Gasteiger partial charge on any atom is -0.356 e. The van der Waals surface area contributed by atoms with Crippen molar-refractivity contribution in [2.75, 3.05) is 39.3 Å². The van der Waals surface area contributed by atoms with Crippen molar-refractivity contribution in [3.63, 3.8) is 0 Å². The van der Waals surface area contributed by atoms with Crippen LogP contribution in [-0.2, 0) is 11.2 Å². The van der Waals surface area contributed by atoms with Gasteiger partial charge >= 0.3 is 0 Å². The van der Waals surface area contributed by atoms with Crippen LogP contribution in [-0.4, -0.2) is 50.1 Å². The number of carbonyl (C=O) groups excluding carboxylic acids is 1. The summed E-state index contributed by atoms with van der Waals surface area (Å²) in [4.78, 5) is 14.5. The molecule has 0 aliphatic carbocycles. The van der Waals surface area contributed by atoms with Crippen molar-refractivity contribution >= 4 is 18.3 Å². The minimum absolute atomic E-state index is 0. The summed E-state index contributed by atoms with van der Waals surface area (Å²) in [6, 6.07) is 8.64. The maximum atomic E-state index is 12.1. The standard InChI is InChI=1S/C19H31N3O.ClH/c1-3-17-5-7-18(8-6-17)16(2)15-19(23)21-9-4-12-22-13-10-20-11-14-22;/h5-8,16,20H,3-4,9-15H2,1-2H3,(H,21,23);1H. The maximum Gasteiger partial charge on any atom is 0.220 e. The lowest BCUT2D eigenvalue weighted by Crippen LogP contribution is -2.44. The van der Waals surface area contributed by atoms with E-state index in [1.54, 1.807) is 0 Å². The van der Waals surface area contributed by atoms with Crippen LogP contribution in [0.3, 0.4) is 0 Å². The topological polar surface area (TPSA) is 44.4 Å². The zero-order valence-corrected chi connectivity index (χ0v) is 15.8. The molecule has 1 heterocycles. The SMILES string of the molecule is CCc1ccc(C(C)CC(=O)NCCCN2CCNCC2)cc1.Cl. The number of rotatable bonds is 8. The Labute approximate surface area is 152 Å². The fourth-order valence-electron chi connectivity index (χ4n) is 3.02. The molecular formula is C19H32ClN3O. The van der Waals surface area contributed by atoms with E-state index in [1.165, 1.54) is 11.1 Å². The summed E-state index contributed by atoms with van der Waals surface area (Å²) >= 11 is 0. The van der Waals surface area contributed by atoms with Gasteiger partial charge in [0.15, 0.2) is 0 Å². The average molecular weight is 354 g/mol. The third-order valence-electron chi connectivity index (χ3n) is 4.63. The molecule has 0 bridgehead atoms. The van der Waals surface area contributed by atoms with Gasteiger partial charge in [-0.3, -0.25) is 4.79 Å². The molecular weight excluding hydrogens is 322 g/mol. The van der Waals surface area contributed by atoms with Crippen LogP contribution in [0.15, 0.2) is 24.3 Å². The third kappa shape index (κ3) is 7.20. The van der Waals surface area contributed by atoms with Crippen molar-refractivity contribution < 1.29 is 4.79 Å². The highest BCUT2D eigenvalue weighted by Gasteiger charge is 2.12. The largest absolute Gasteiger partial charge is 0.356 e. The van der Waals surface area contributed by atoms with Crippen molar-refractivity contribution in [1.29, 1.82) is 0 Å². The van der Waals surface area contributed by atoms with Crippen LogP contribution in [0, 0.1) is 0 Å². The van der Waals surface area contributed by atoms with E-state index in [-0.39, 0.29) is 24.2 Å². The van der Waals surface area contributed by atoms with Gasteiger partial charge in [0.2, 0.25) is 5.91 Å². The molecule has 1 fully saturated rings. The van der Waals surface area contributed by atoms with Gasteiger partial charge in [-0.1, -0.05) is 38.1 Å². The summed E-state index contributed by atoms with van der Waals surface area (Å²) in [5.74, 6) is 0.437. The van der Waals surface area contributed by atoms with E-state index in [0.717, 1.165) is 52.1 Å². The van der Waals surface area contributed by atoms with Crippen LogP contribution < -0.4 is 10.6 Å². The van der Waals surface area contributed by atoms with Crippen LogP contribution in [0.2, 0.25) is 0 Å². The summed E-state index contributed by atoms with van der Waals surface area (Å²) in [7, 11) is 0. The number of hydrogen-bond donors (Lipinski definition) is 2. The van der Waals surface area contributed by atoms with Gasteiger partial charge in [-0.2, -0.15) is 0 Å². The predicted octanol–water partition coefficient (Wildman–Crippen LogP) is 2.58. The van der Waals surface area contributed by atoms with Gasteiger partial charge in [0.25, 0.3) is 0 Å². The molecule has 1 atom stereocenters. The van der Waals surface area contributed by atoms with E-state index in [4.69, 9.17) is 0 Å². The van der Waals surface area contributed by atoms with Gasteiger partial charge in [0.05, 0.1) is 0 Å². The van der Waals surface area contributed by atoms with E-state index in [1.807, 2.05) is 0 Å². The van der Waals surface area contributed by atoms with Crippen LogP contribution in [0.25, 0.3) is 0 Å². The Morgan fingerprint density at radius 3 is 2.54 bits per heavy atom. The lowest BCUT2D eigenvalue weighted by atomic mass is 9.96. The Kier molecular flexibility index (Phi) is 9.99. The van der Waals surface area contributed by atoms with Gasteiger partial charge in [0, 0.05) is 39.1 Å². The van der Waals surface area contributed by atoms with Gasteiger partial charge < -0.3 is 15.5 Å². The van der Waals surface area contributed by atoms with Gasteiger partial charge in [0.1, 0.15) is 0 Å². The number of halogens is 1. The first-order chi connectivity index (χ1) is 11.2. The van der Waals surface area contributed by atoms with E-state index in [0.29, 0.717) is 6.42 Å². The molecule has 1 amide bonds. The maximum absolute atomic E-state index is 12.1. The Morgan fingerprint density at radius 2 is 1.92 bits per heavy atom. The Hall–Kier alpha value is -1.10. The molecule has 1 aliphatic rings. The Morgan fingerprint density at radius 1 is 1.25 bits per heavy atom. The molecule has 24 heavy (non-hydrogen) atoms.